The summed E-state index contributed by atoms with van der Waals surface area (Å²) in [6, 6.07) is 8.09. The standard InChI is InChI=1S/C14H8IN3O3/c15-9-2-1-8(14(19)20)7-11(9)21-12-4-3-10-13(18-12)17-6-5-16-10/h1-7H,(H,19,20). The van der Waals surface area contributed by atoms with Gasteiger partial charge in [0, 0.05) is 18.5 Å². The van der Waals surface area contributed by atoms with Crippen molar-refractivity contribution in [3.05, 3.63) is 51.9 Å². The zero-order chi connectivity index (χ0) is 14.8. The molecule has 104 valence electrons. The van der Waals surface area contributed by atoms with Gasteiger partial charge in [-0.15, -0.1) is 0 Å². The van der Waals surface area contributed by atoms with Gasteiger partial charge in [0.2, 0.25) is 5.88 Å². The molecule has 0 atom stereocenters. The number of pyridine rings is 1. The lowest BCUT2D eigenvalue weighted by Gasteiger charge is -2.08. The van der Waals surface area contributed by atoms with Gasteiger partial charge in [0.15, 0.2) is 5.65 Å². The molecule has 0 spiro atoms. The maximum atomic E-state index is 11.0. The third kappa shape index (κ3) is 2.92. The van der Waals surface area contributed by atoms with Crippen LogP contribution in [-0.4, -0.2) is 26.0 Å². The number of ether oxygens (including phenoxy) is 1. The molecule has 0 amide bonds. The van der Waals surface area contributed by atoms with E-state index < -0.39 is 5.97 Å². The number of carboxylic acid groups (broad SMARTS) is 1. The van der Waals surface area contributed by atoms with Crippen molar-refractivity contribution in [1.29, 1.82) is 0 Å². The van der Waals surface area contributed by atoms with Crippen LogP contribution in [0, 0.1) is 3.57 Å². The number of rotatable bonds is 3. The molecule has 2 heterocycles. The minimum atomic E-state index is -1.01. The highest BCUT2D eigenvalue weighted by Crippen LogP contribution is 2.27. The van der Waals surface area contributed by atoms with Crippen LogP contribution >= 0.6 is 22.6 Å². The minimum Gasteiger partial charge on any atom is -0.478 e. The molecule has 3 aromatic rings. The summed E-state index contributed by atoms with van der Waals surface area (Å²) in [5, 5.41) is 9.02. The number of aromatic nitrogens is 3. The van der Waals surface area contributed by atoms with Crippen LogP contribution in [0.1, 0.15) is 10.4 Å². The quantitative estimate of drug-likeness (QED) is 0.689. The third-order valence-electron chi connectivity index (χ3n) is 2.70. The Morgan fingerprint density at radius 1 is 1.14 bits per heavy atom. The summed E-state index contributed by atoms with van der Waals surface area (Å²) in [4.78, 5) is 23.5. The minimum absolute atomic E-state index is 0.158. The van der Waals surface area contributed by atoms with E-state index in [0.29, 0.717) is 22.8 Å². The van der Waals surface area contributed by atoms with Gasteiger partial charge in [-0.3, -0.25) is 4.98 Å². The zero-order valence-electron chi connectivity index (χ0n) is 10.5. The molecule has 0 aliphatic rings. The number of fused-ring (bicyclic) bond motifs is 1. The number of carbonyl (C=O) groups is 1. The highest BCUT2D eigenvalue weighted by Gasteiger charge is 2.10. The fraction of sp³-hybridized carbons (Fsp3) is 0. The maximum absolute atomic E-state index is 11.0. The van der Waals surface area contributed by atoms with Gasteiger partial charge in [0.05, 0.1) is 9.13 Å². The Hall–Kier alpha value is -2.29. The van der Waals surface area contributed by atoms with Crippen LogP contribution in [-0.2, 0) is 0 Å². The average molecular weight is 393 g/mol. The van der Waals surface area contributed by atoms with Crippen molar-refractivity contribution in [1.82, 2.24) is 15.0 Å². The number of carboxylic acids is 1. The van der Waals surface area contributed by atoms with Gasteiger partial charge in [0.25, 0.3) is 0 Å². The fourth-order valence-corrected chi connectivity index (χ4v) is 2.17. The molecule has 3 rings (SSSR count). The van der Waals surface area contributed by atoms with Gasteiger partial charge < -0.3 is 9.84 Å². The molecule has 21 heavy (non-hydrogen) atoms. The van der Waals surface area contributed by atoms with Crippen molar-refractivity contribution in [2.45, 2.75) is 0 Å². The molecule has 0 aliphatic carbocycles. The van der Waals surface area contributed by atoms with E-state index in [1.54, 1.807) is 30.6 Å². The Kier molecular flexibility index (Phi) is 3.65. The molecule has 2 aromatic heterocycles. The van der Waals surface area contributed by atoms with Crippen LogP contribution in [0.3, 0.4) is 0 Å². The van der Waals surface area contributed by atoms with Crippen LogP contribution < -0.4 is 4.74 Å². The normalized spacial score (nSPS) is 10.5. The van der Waals surface area contributed by atoms with E-state index >= 15 is 0 Å². The lowest BCUT2D eigenvalue weighted by atomic mass is 10.2. The molecular formula is C14H8IN3O3. The molecule has 0 saturated carbocycles. The number of hydrogen-bond acceptors (Lipinski definition) is 5. The number of benzene rings is 1. The van der Waals surface area contributed by atoms with E-state index in [9.17, 15) is 4.79 Å². The van der Waals surface area contributed by atoms with Crippen LogP contribution in [0.5, 0.6) is 11.6 Å². The van der Waals surface area contributed by atoms with Gasteiger partial charge in [0.1, 0.15) is 11.3 Å². The molecule has 6 nitrogen and oxygen atoms in total. The third-order valence-corrected chi connectivity index (χ3v) is 3.59. The SMILES string of the molecule is O=C(O)c1ccc(I)c(Oc2ccc3nccnc3n2)c1. The maximum Gasteiger partial charge on any atom is 0.335 e. The van der Waals surface area contributed by atoms with Crippen LogP contribution in [0.2, 0.25) is 0 Å². The fourth-order valence-electron chi connectivity index (χ4n) is 1.72. The zero-order valence-corrected chi connectivity index (χ0v) is 12.7. The van der Waals surface area contributed by atoms with E-state index in [2.05, 4.69) is 37.5 Å². The summed E-state index contributed by atoms with van der Waals surface area (Å²) in [6.45, 7) is 0. The first-order chi connectivity index (χ1) is 10.1. The molecule has 0 saturated heterocycles. The number of hydrogen-bond donors (Lipinski definition) is 1. The largest absolute Gasteiger partial charge is 0.478 e. The Morgan fingerprint density at radius 2 is 1.95 bits per heavy atom. The van der Waals surface area contributed by atoms with E-state index in [1.165, 1.54) is 12.1 Å². The number of halogens is 1. The summed E-state index contributed by atoms with van der Waals surface area (Å²) in [7, 11) is 0. The number of nitrogens with zero attached hydrogens (tertiary/aromatic N) is 3. The molecule has 0 fully saturated rings. The summed E-state index contributed by atoms with van der Waals surface area (Å²) >= 11 is 2.07. The summed E-state index contributed by atoms with van der Waals surface area (Å²) < 4.78 is 6.45. The second-order valence-corrected chi connectivity index (χ2v) is 5.26. The predicted molar refractivity (Wildman–Crippen MR) is 83.5 cm³/mol. The molecule has 0 radical (unpaired) electrons. The van der Waals surface area contributed by atoms with Crippen molar-refractivity contribution in [3.63, 3.8) is 0 Å². The van der Waals surface area contributed by atoms with Crippen molar-refractivity contribution < 1.29 is 14.6 Å². The summed E-state index contributed by atoms with van der Waals surface area (Å²) in [5.74, 6) is -0.233. The van der Waals surface area contributed by atoms with Gasteiger partial charge in [-0.1, -0.05) is 0 Å². The number of aromatic carboxylic acids is 1. The van der Waals surface area contributed by atoms with Gasteiger partial charge in [-0.2, -0.15) is 4.98 Å². The highest BCUT2D eigenvalue weighted by molar-refractivity contribution is 14.1. The second kappa shape index (κ2) is 5.60. The van der Waals surface area contributed by atoms with E-state index in [0.717, 1.165) is 3.57 Å². The van der Waals surface area contributed by atoms with Gasteiger partial charge >= 0.3 is 5.97 Å². The van der Waals surface area contributed by atoms with Crippen molar-refractivity contribution in [2.24, 2.45) is 0 Å². The van der Waals surface area contributed by atoms with Crippen LogP contribution in [0.25, 0.3) is 11.2 Å². The highest BCUT2D eigenvalue weighted by atomic mass is 127. The lowest BCUT2D eigenvalue weighted by Crippen LogP contribution is -1.98. The lowest BCUT2D eigenvalue weighted by molar-refractivity contribution is 0.0696. The Labute approximate surface area is 133 Å². The summed E-state index contributed by atoms with van der Waals surface area (Å²) in [5.41, 5.74) is 1.30. The molecule has 0 aliphatic heterocycles. The molecule has 7 heteroatoms. The molecule has 0 unspecified atom stereocenters. The van der Waals surface area contributed by atoms with Crippen LogP contribution in [0.4, 0.5) is 0 Å². The second-order valence-electron chi connectivity index (χ2n) is 4.10. The molecule has 1 N–H and O–H groups in total. The molecule has 0 bridgehead atoms. The first-order valence-electron chi connectivity index (χ1n) is 5.92. The summed E-state index contributed by atoms with van der Waals surface area (Å²) in [6.07, 6.45) is 3.14. The topological polar surface area (TPSA) is 85.2 Å². The van der Waals surface area contributed by atoms with Gasteiger partial charge in [-0.05, 0) is 46.9 Å². The average Bonchev–Trinajstić information content (AvgIpc) is 2.49. The Bertz CT molecular complexity index is 839. The smallest absolute Gasteiger partial charge is 0.335 e. The van der Waals surface area contributed by atoms with E-state index in [-0.39, 0.29) is 5.56 Å². The van der Waals surface area contributed by atoms with Crippen LogP contribution in [0.15, 0.2) is 42.7 Å². The predicted octanol–water partition coefficient (Wildman–Crippen LogP) is 3.12. The monoisotopic (exact) mass is 393 g/mol. The molecular weight excluding hydrogens is 385 g/mol. The van der Waals surface area contributed by atoms with E-state index in [4.69, 9.17) is 9.84 Å². The molecule has 1 aromatic carbocycles. The first-order valence-corrected chi connectivity index (χ1v) is 7.00. The first kappa shape index (κ1) is 13.7. The van der Waals surface area contributed by atoms with Crippen molar-refractivity contribution >= 4 is 39.7 Å². The van der Waals surface area contributed by atoms with E-state index in [1.807, 2.05) is 0 Å². The van der Waals surface area contributed by atoms with Crippen molar-refractivity contribution in [3.8, 4) is 11.6 Å². The Balaban J connectivity index is 1.98. The Morgan fingerprint density at radius 3 is 2.76 bits per heavy atom. The van der Waals surface area contributed by atoms with Crippen molar-refractivity contribution in [2.75, 3.05) is 0 Å². The van der Waals surface area contributed by atoms with Gasteiger partial charge in [-0.25, -0.2) is 9.78 Å².